The lowest BCUT2D eigenvalue weighted by Crippen LogP contribution is -2.38. The highest BCUT2D eigenvalue weighted by molar-refractivity contribution is 7.11. The molecule has 3 nitrogen and oxygen atoms in total. The van der Waals surface area contributed by atoms with Crippen LogP contribution in [0.1, 0.15) is 49.1 Å². The standard InChI is InChI=1S/C13H22N2OS/c1-4-5-15-6-7-16-11(9-15)13-14-8-12(17-13)10(2)3/h8,10-11H,4-7,9H2,1-3H3. The molecule has 1 saturated heterocycles. The highest BCUT2D eigenvalue weighted by Crippen LogP contribution is 2.29. The summed E-state index contributed by atoms with van der Waals surface area (Å²) in [7, 11) is 0. The molecule has 1 aromatic heterocycles. The third kappa shape index (κ3) is 3.27. The highest BCUT2D eigenvalue weighted by Gasteiger charge is 2.24. The molecule has 0 N–H and O–H groups in total. The molecule has 1 aliphatic rings. The topological polar surface area (TPSA) is 25.4 Å². The Hall–Kier alpha value is -0.450. The Balaban J connectivity index is 2.00. The molecule has 0 aliphatic carbocycles. The van der Waals surface area contributed by atoms with E-state index in [1.165, 1.54) is 17.8 Å². The van der Waals surface area contributed by atoms with Gasteiger partial charge in [0.15, 0.2) is 0 Å². The molecule has 1 atom stereocenters. The normalized spacial score (nSPS) is 22.2. The minimum atomic E-state index is 0.188. The first kappa shape index (κ1) is 13.0. The Bertz CT molecular complexity index is 349. The van der Waals surface area contributed by atoms with E-state index in [1.807, 2.05) is 6.20 Å². The predicted molar refractivity (Wildman–Crippen MR) is 71.6 cm³/mol. The van der Waals surface area contributed by atoms with Crippen LogP contribution < -0.4 is 0 Å². The quantitative estimate of drug-likeness (QED) is 0.826. The van der Waals surface area contributed by atoms with Crippen molar-refractivity contribution in [3.05, 3.63) is 16.1 Å². The monoisotopic (exact) mass is 254 g/mol. The van der Waals surface area contributed by atoms with Gasteiger partial charge in [0.25, 0.3) is 0 Å². The molecule has 0 aromatic carbocycles. The fourth-order valence-electron chi connectivity index (χ4n) is 2.09. The Morgan fingerprint density at radius 3 is 3.06 bits per heavy atom. The molecule has 1 aliphatic heterocycles. The van der Waals surface area contributed by atoms with Gasteiger partial charge in [-0.15, -0.1) is 11.3 Å². The van der Waals surface area contributed by atoms with Crippen LogP contribution in [0.4, 0.5) is 0 Å². The molecule has 0 radical (unpaired) electrons. The van der Waals surface area contributed by atoms with E-state index in [9.17, 15) is 0 Å². The lowest BCUT2D eigenvalue weighted by molar-refractivity contribution is -0.0299. The van der Waals surface area contributed by atoms with Gasteiger partial charge in [-0.2, -0.15) is 0 Å². The van der Waals surface area contributed by atoms with Crippen LogP contribution in [0.3, 0.4) is 0 Å². The molecule has 1 fully saturated rings. The average Bonchev–Trinajstić information content (AvgIpc) is 2.79. The maximum atomic E-state index is 5.84. The van der Waals surface area contributed by atoms with E-state index in [2.05, 4.69) is 30.7 Å². The number of morpholine rings is 1. The van der Waals surface area contributed by atoms with E-state index in [1.54, 1.807) is 11.3 Å². The smallest absolute Gasteiger partial charge is 0.123 e. The summed E-state index contributed by atoms with van der Waals surface area (Å²) in [5.74, 6) is 0.566. The molecule has 96 valence electrons. The van der Waals surface area contributed by atoms with Gasteiger partial charge in [0.1, 0.15) is 11.1 Å². The second kappa shape index (κ2) is 5.94. The van der Waals surface area contributed by atoms with Gasteiger partial charge in [-0.3, -0.25) is 4.90 Å². The summed E-state index contributed by atoms with van der Waals surface area (Å²) in [6, 6.07) is 0. The van der Waals surface area contributed by atoms with E-state index in [0.717, 1.165) is 24.7 Å². The zero-order valence-electron chi connectivity index (χ0n) is 11.0. The predicted octanol–water partition coefficient (Wildman–Crippen LogP) is 3.05. The molecule has 0 spiro atoms. The number of nitrogens with zero attached hydrogens (tertiary/aromatic N) is 2. The molecule has 4 heteroatoms. The first-order valence-corrected chi connectivity index (χ1v) is 7.32. The average molecular weight is 254 g/mol. The van der Waals surface area contributed by atoms with Gasteiger partial charge < -0.3 is 4.74 Å². The van der Waals surface area contributed by atoms with Crippen LogP contribution in [0.25, 0.3) is 0 Å². The molecular weight excluding hydrogens is 232 g/mol. The van der Waals surface area contributed by atoms with Crippen LogP contribution in [0.15, 0.2) is 6.20 Å². The summed E-state index contributed by atoms with van der Waals surface area (Å²) in [5.41, 5.74) is 0. The van der Waals surface area contributed by atoms with Crippen LogP contribution in [-0.2, 0) is 4.74 Å². The third-order valence-electron chi connectivity index (χ3n) is 3.08. The molecule has 2 rings (SSSR count). The van der Waals surface area contributed by atoms with Crippen molar-refractivity contribution in [1.29, 1.82) is 0 Å². The van der Waals surface area contributed by atoms with E-state index in [-0.39, 0.29) is 6.10 Å². The summed E-state index contributed by atoms with van der Waals surface area (Å²) >= 11 is 1.80. The van der Waals surface area contributed by atoms with Gasteiger partial charge in [0.05, 0.1) is 6.61 Å². The van der Waals surface area contributed by atoms with Crippen molar-refractivity contribution in [1.82, 2.24) is 9.88 Å². The van der Waals surface area contributed by atoms with Crippen molar-refractivity contribution in [3.8, 4) is 0 Å². The first-order valence-electron chi connectivity index (χ1n) is 6.50. The number of thiazole rings is 1. The number of ether oxygens (including phenoxy) is 1. The maximum Gasteiger partial charge on any atom is 0.123 e. The van der Waals surface area contributed by atoms with Crippen LogP contribution in [0.2, 0.25) is 0 Å². The Morgan fingerprint density at radius 2 is 2.41 bits per heavy atom. The molecular formula is C13H22N2OS. The SMILES string of the molecule is CCCN1CCOC(c2ncc(C(C)C)s2)C1. The molecule has 1 aromatic rings. The van der Waals surface area contributed by atoms with E-state index >= 15 is 0 Å². The fraction of sp³-hybridized carbons (Fsp3) is 0.769. The minimum Gasteiger partial charge on any atom is -0.368 e. The lowest BCUT2D eigenvalue weighted by Gasteiger charge is -2.31. The van der Waals surface area contributed by atoms with Gasteiger partial charge >= 0.3 is 0 Å². The fourth-order valence-corrected chi connectivity index (χ4v) is 3.05. The molecule has 0 amide bonds. The molecule has 0 bridgehead atoms. The Kier molecular flexibility index (Phi) is 4.54. The zero-order valence-corrected chi connectivity index (χ0v) is 11.8. The van der Waals surface area contributed by atoms with Crippen molar-refractivity contribution in [2.75, 3.05) is 26.2 Å². The van der Waals surface area contributed by atoms with Gasteiger partial charge in [-0.1, -0.05) is 20.8 Å². The van der Waals surface area contributed by atoms with E-state index in [0.29, 0.717) is 5.92 Å². The van der Waals surface area contributed by atoms with Crippen LogP contribution in [-0.4, -0.2) is 36.1 Å². The van der Waals surface area contributed by atoms with Gasteiger partial charge in [0, 0.05) is 24.2 Å². The zero-order chi connectivity index (χ0) is 12.3. The molecule has 2 heterocycles. The number of hydrogen-bond donors (Lipinski definition) is 0. The summed E-state index contributed by atoms with van der Waals surface area (Å²) in [6.07, 6.45) is 3.40. The summed E-state index contributed by atoms with van der Waals surface area (Å²) in [4.78, 5) is 8.36. The van der Waals surface area contributed by atoms with E-state index < -0.39 is 0 Å². The number of hydrogen-bond acceptors (Lipinski definition) is 4. The van der Waals surface area contributed by atoms with Crippen LogP contribution in [0, 0.1) is 0 Å². The summed E-state index contributed by atoms with van der Waals surface area (Å²) < 4.78 is 5.84. The second-order valence-electron chi connectivity index (χ2n) is 4.92. The summed E-state index contributed by atoms with van der Waals surface area (Å²) in [6.45, 7) is 10.7. The minimum absolute atomic E-state index is 0.188. The third-order valence-corrected chi connectivity index (χ3v) is 4.47. The highest BCUT2D eigenvalue weighted by atomic mass is 32.1. The van der Waals surface area contributed by atoms with Crippen molar-refractivity contribution in [3.63, 3.8) is 0 Å². The molecule has 0 saturated carbocycles. The number of rotatable bonds is 4. The number of aromatic nitrogens is 1. The van der Waals surface area contributed by atoms with Crippen LogP contribution in [0.5, 0.6) is 0 Å². The second-order valence-corrected chi connectivity index (χ2v) is 6.01. The van der Waals surface area contributed by atoms with Crippen molar-refractivity contribution in [2.24, 2.45) is 0 Å². The lowest BCUT2D eigenvalue weighted by atomic mass is 10.2. The van der Waals surface area contributed by atoms with Gasteiger partial charge in [-0.05, 0) is 18.9 Å². The van der Waals surface area contributed by atoms with Crippen LogP contribution >= 0.6 is 11.3 Å². The maximum absolute atomic E-state index is 5.84. The Morgan fingerprint density at radius 1 is 1.59 bits per heavy atom. The first-order chi connectivity index (χ1) is 8.20. The molecule has 1 unspecified atom stereocenters. The van der Waals surface area contributed by atoms with Gasteiger partial charge in [0.2, 0.25) is 0 Å². The Labute approximate surface area is 108 Å². The summed E-state index contributed by atoms with van der Waals surface area (Å²) in [5, 5.41) is 1.15. The van der Waals surface area contributed by atoms with Crippen molar-refractivity contribution >= 4 is 11.3 Å². The molecule has 17 heavy (non-hydrogen) atoms. The van der Waals surface area contributed by atoms with Crippen molar-refractivity contribution < 1.29 is 4.74 Å². The van der Waals surface area contributed by atoms with Gasteiger partial charge in [-0.25, -0.2) is 4.98 Å². The van der Waals surface area contributed by atoms with Crippen molar-refractivity contribution in [2.45, 2.75) is 39.2 Å². The largest absolute Gasteiger partial charge is 0.368 e. The van der Waals surface area contributed by atoms with E-state index in [4.69, 9.17) is 4.74 Å².